The van der Waals surface area contributed by atoms with E-state index >= 15 is 0 Å². The molecule has 0 unspecified atom stereocenters. The molecule has 22 heavy (non-hydrogen) atoms. The number of carbonyl (C=O) groups is 2. The zero-order chi connectivity index (χ0) is 15.5. The topological polar surface area (TPSA) is 78.4 Å². The SMILES string of the molecule is O=C(O)[C@@H]1CCC[C@H](C(=O)Nc2cccc3c2CNCC3)C1. The normalized spacial score (nSPS) is 24.4. The summed E-state index contributed by atoms with van der Waals surface area (Å²) in [5, 5.41) is 15.5. The average Bonchev–Trinajstić information content (AvgIpc) is 2.55. The standard InChI is InChI=1S/C17H22N2O3/c20-16(12-4-1-5-13(9-12)17(21)22)19-15-6-2-3-11-7-8-18-10-14(11)15/h2-3,6,12-13,18H,1,4-5,7-10H2,(H,19,20)(H,21,22)/t12-,13+/m0/s1. The molecule has 0 bridgehead atoms. The van der Waals surface area contributed by atoms with Crippen LogP contribution in [0.2, 0.25) is 0 Å². The van der Waals surface area contributed by atoms with Gasteiger partial charge in [-0.15, -0.1) is 0 Å². The third-order valence-corrected chi connectivity index (χ3v) is 4.80. The fraction of sp³-hybridized carbons (Fsp3) is 0.529. The van der Waals surface area contributed by atoms with Crippen molar-refractivity contribution in [3.8, 4) is 0 Å². The lowest BCUT2D eigenvalue weighted by atomic mass is 9.81. The Morgan fingerprint density at radius 1 is 1.23 bits per heavy atom. The molecule has 118 valence electrons. The number of carboxylic acids is 1. The van der Waals surface area contributed by atoms with Gasteiger partial charge in [0.1, 0.15) is 0 Å². The molecular weight excluding hydrogens is 280 g/mol. The van der Waals surface area contributed by atoms with Crippen molar-refractivity contribution in [2.24, 2.45) is 11.8 Å². The highest BCUT2D eigenvalue weighted by molar-refractivity contribution is 5.93. The number of benzene rings is 1. The second-order valence-electron chi connectivity index (χ2n) is 6.26. The molecule has 1 amide bonds. The van der Waals surface area contributed by atoms with E-state index in [0.29, 0.717) is 12.8 Å². The van der Waals surface area contributed by atoms with Crippen molar-refractivity contribution in [3.63, 3.8) is 0 Å². The highest BCUT2D eigenvalue weighted by Crippen LogP contribution is 2.31. The van der Waals surface area contributed by atoms with Crippen LogP contribution in [-0.4, -0.2) is 23.5 Å². The molecule has 3 N–H and O–H groups in total. The maximum atomic E-state index is 12.5. The van der Waals surface area contributed by atoms with Crippen molar-refractivity contribution in [2.45, 2.75) is 38.6 Å². The number of fused-ring (bicyclic) bond motifs is 1. The number of hydrogen-bond acceptors (Lipinski definition) is 3. The van der Waals surface area contributed by atoms with Gasteiger partial charge in [-0.3, -0.25) is 9.59 Å². The Morgan fingerprint density at radius 3 is 2.86 bits per heavy atom. The number of anilines is 1. The molecule has 0 radical (unpaired) electrons. The number of carbonyl (C=O) groups excluding carboxylic acids is 1. The number of nitrogens with one attached hydrogen (secondary N) is 2. The van der Waals surface area contributed by atoms with E-state index in [0.717, 1.165) is 43.6 Å². The monoisotopic (exact) mass is 302 g/mol. The summed E-state index contributed by atoms with van der Waals surface area (Å²) in [7, 11) is 0. The second kappa shape index (κ2) is 6.48. The van der Waals surface area contributed by atoms with Gasteiger partial charge in [-0.05, 0) is 49.4 Å². The van der Waals surface area contributed by atoms with E-state index in [4.69, 9.17) is 5.11 Å². The largest absolute Gasteiger partial charge is 0.481 e. The molecule has 5 nitrogen and oxygen atoms in total. The summed E-state index contributed by atoms with van der Waals surface area (Å²) < 4.78 is 0. The third-order valence-electron chi connectivity index (χ3n) is 4.80. The first-order chi connectivity index (χ1) is 10.6. The van der Waals surface area contributed by atoms with Crippen LogP contribution in [-0.2, 0) is 22.6 Å². The summed E-state index contributed by atoms with van der Waals surface area (Å²) in [6.45, 7) is 1.74. The quantitative estimate of drug-likeness (QED) is 0.799. The number of aliphatic carboxylic acids is 1. The minimum Gasteiger partial charge on any atom is -0.481 e. The van der Waals surface area contributed by atoms with E-state index in [2.05, 4.69) is 16.7 Å². The number of amides is 1. The number of hydrogen-bond donors (Lipinski definition) is 3. The van der Waals surface area contributed by atoms with Gasteiger partial charge in [0.05, 0.1) is 5.92 Å². The van der Waals surface area contributed by atoms with E-state index in [9.17, 15) is 9.59 Å². The van der Waals surface area contributed by atoms with Crippen LogP contribution < -0.4 is 10.6 Å². The molecule has 1 aromatic rings. The maximum absolute atomic E-state index is 12.5. The number of carboxylic acid groups (broad SMARTS) is 1. The lowest BCUT2D eigenvalue weighted by molar-refractivity contribution is -0.143. The first kappa shape index (κ1) is 15.0. The maximum Gasteiger partial charge on any atom is 0.306 e. The molecule has 0 spiro atoms. The molecule has 2 aliphatic rings. The Balaban J connectivity index is 1.70. The molecule has 1 aromatic carbocycles. The van der Waals surface area contributed by atoms with Crippen molar-refractivity contribution in [1.29, 1.82) is 0 Å². The summed E-state index contributed by atoms with van der Waals surface area (Å²) in [4.78, 5) is 23.6. The van der Waals surface area contributed by atoms with Crippen molar-refractivity contribution < 1.29 is 14.7 Å². The fourth-order valence-corrected chi connectivity index (χ4v) is 3.52. The Bertz CT molecular complexity index is 585. The van der Waals surface area contributed by atoms with Gasteiger partial charge in [0.15, 0.2) is 0 Å². The first-order valence-corrected chi connectivity index (χ1v) is 8.00. The van der Waals surface area contributed by atoms with Crippen molar-refractivity contribution in [1.82, 2.24) is 5.32 Å². The van der Waals surface area contributed by atoms with Crippen LogP contribution in [0.4, 0.5) is 5.69 Å². The Morgan fingerprint density at radius 2 is 2.05 bits per heavy atom. The highest BCUT2D eigenvalue weighted by atomic mass is 16.4. The second-order valence-corrected chi connectivity index (χ2v) is 6.26. The van der Waals surface area contributed by atoms with Crippen LogP contribution in [0.3, 0.4) is 0 Å². The van der Waals surface area contributed by atoms with Crippen LogP contribution in [0.5, 0.6) is 0 Å². The van der Waals surface area contributed by atoms with Gasteiger partial charge < -0.3 is 15.7 Å². The lowest BCUT2D eigenvalue weighted by Gasteiger charge is -2.27. The summed E-state index contributed by atoms with van der Waals surface area (Å²) in [5.41, 5.74) is 3.31. The van der Waals surface area contributed by atoms with Crippen LogP contribution >= 0.6 is 0 Å². The van der Waals surface area contributed by atoms with Gasteiger partial charge >= 0.3 is 5.97 Å². The summed E-state index contributed by atoms with van der Waals surface area (Å²) in [5.74, 6) is -1.39. The van der Waals surface area contributed by atoms with Crippen molar-refractivity contribution in [2.75, 3.05) is 11.9 Å². The first-order valence-electron chi connectivity index (χ1n) is 8.00. The summed E-state index contributed by atoms with van der Waals surface area (Å²) in [6.07, 6.45) is 3.70. The lowest BCUT2D eigenvalue weighted by Crippen LogP contribution is -2.32. The fourth-order valence-electron chi connectivity index (χ4n) is 3.52. The molecule has 0 saturated heterocycles. The van der Waals surface area contributed by atoms with Crippen LogP contribution in [0.15, 0.2) is 18.2 Å². The Hall–Kier alpha value is -1.88. The molecule has 0 aromatic heterocycles. The minimum absolute atomic E-state index is 0.0371. The molecule has 3 rings (SSSR count). The summed E-state index contributed by atoms with van der Waals surface area (Å²) >= 11 is 0. The highest BCUT2D eigenvalue weighted by Gasteiger charge is 2.31. The zero-order valence-corrected chi connectivity index (χ0v) is 12.6. The van der Waals surface area contributed by atoms with Gasteiger partial charge in [-0.25, -0.2) is 0 Å². The predicted octanol–water partition coefficient (Wildman–Crippen LogP) is 2.16. The molecule has 1 heterocycles. The van der Waals surface area contributed by atoms with Crippen LogP contribution in [0.1, 0.15) is 36.8 Å². The predicted molar refractivity (Wildman–Crippen MR) is 83.6 cm³/mol. The smallest absolute Gasteiger partial charge is 0.306 e. The van der Waals surface area contributed by atoms with E-state index < -0.39 is 5.97 Å². The molecule has 1 aliphatic carbocycles. The van der Waals surface area contributed by atoms with E-state index in [1.165, 1.54) is 5.56 Å². The minimum atomic E-state index is -0.779. The number of rotatable bonds is 3. The van der Waals surface area contributed by atoms with E-state index in [1.54, 1.807) is 0 Å². The zero-order valence-electron chi connectivity index (χ0n) is 12.6. The molecular formula is C17H22N2O3. The van der Waals surface area contributed by atoms with E-state index in [1.807, 2.05) is 12.1 Å². The molecule has 1 aliphatic heterocycles. The van der Waals surface area contributed by atoms with Crippen LogP contribution in [0, 0.1) is 11.8 Å². The Kier molecular flexibility index (Phi) is 4.43. The van der Waals surface area contributed by atoms with Crippen molar-refractivity contribution >= 4 is 17.6 Å². The van der Waals surface area contributed by atoms with Gasteiger partial charge in [0.2, 0.25) is 5.91 Å². The van der Waals surface area contributed by atoms with Crippen LogP contribution in [0.25, 0.3) is 0 Å². The molecule has 1 saturated carbocycles. The third kappa shape index (κ3) is 3.14. The van der Waals surface area contributed by atoms with E-state index in [-0.39, 0.29) is 17.7 Å². The van der Waals surface area contributed by atoms with Crippen molar-refractivity contribution in [3.05, 3.63) is 29.3 Å². The molecule has 5 heteroatoms. The van der Waals surface area contributed by atoms with Gasteiger partial charge in [0, 0.05) is 18.2 Å². The average molecular weight is 302 g/mol. The van der Waals surface area contributed by atoms with Gasteiger partial charge in [-0.2, -0.15) is 0 Å². The Labute approximate surface area is 130 Å². The van der Waals surface area contributed by atoms with Gasteiger partial charge in [-0.1, -0.05) is 18.6 Å². The molecule has 1 fully saturated rings. The molecule has 2 atom stereocenters. The summed E-state index contributed by atoms with van der Waals surface area (Å²) in [6, 6.07) is 6.01. The van der Waals surface area contributed by atoms with Gasteiger partial charge in [0.25, 0.3) is 0 Å².